The first-order valence-corrected chi connectivity index (χ1v) is 14.1. The molecule has 0 aromatic carbocycles. The van der Waals surface area contributed by atoms with Gasteiger partial charge in [0.15, 0.2) is 0 Å². The van der Waals surface area contributed by atoms with Gasteiger partial charge in [-0.2, -0.15) is 0 Å². The first-order valence-electron chi connectivity index (χ1n) is 14.1. The molecule has 0 aromatic heterocycles. The lowest BCUT2D eigenvalue weighted by atomic mass is 10.1. The molecule has 0 aromatic rings. The third kappa shape index (κ3) is 14.3. The minimum atomic E-state index is 0.254. The molecular formula is C28H56N3O+. The van der Waals surface area contributed by atoms with Crippen LogP contribution in [0, 0.1) is 0 Å². The highest BCUT2D eigenvalue weighted by Crippen LogP contribution is 2.13. The highest BCUT2D eigenvalue weighted by atomic mass is 16.1. The van der Waals surface area contributed by atoms with Crippen LogP contribution in [0.1, 0.15) is 111 Å². The Bertz CT molecular complexity index is 469. The highest BCUT2D eigenvalue weighted by molar-refractivity contribution is 5.75. The van der Waals surface area contributed by atoms with E-state index < -0.39 is 0 Å². The number of amides is 1. The van der Waals surface area contributed by atoms with E-state index in [1.54, 1.807) is 0 Å². The molecule has 1 rings (SSSR count). The Labute approximate surface area is 200 Å². The quantitative estimate of drug-likeness (QED) is 0.134. The van der Waals surface area contributed by atoms with Gasteiger partial charge in [0.25, 0.3) is 0 Å². The molecule has 0 aliphatic carbocycles. The lowest BCUT2D eigenvalue weighted by Crippen LogP contribution is -2.61. The zero-order valence-corrected chi connectivity index (χ0v) is 22.0. The van der Waals surface area contributed by atoms with E-state index in [0.717, 1.165) is 26.1 Å². The van der Waals surface area contributed by atoms with Gasteiger partial charge in [-0.3, -0.25) is 9.69 Å². The summed E-state index contributed by atoms with van der Waals surface area (Å²) in [5, 5.41) is 3.19. The molecule has 0 unspecified atom stereocenters. The van der Waals surface area contributed by atoms with Crippen LogP contribution in [-0.2, 0) is 4.79 Å². The Morgan fingerprint density at radius 3 is 1.94 bits per heavy atom. The van der Waals surface area contributed by atoms with E-state index in [1.165, 1.54) is 114 Å². The molecule has 1 aliphatic rings. The van der Waals surface area contributed by atoms with Crippen LogP contribution >= 0.6 is 0 Å². The van der Waals surface area contributed by atoms with E-state index in [0.29, 0.717) is 6.42 Å². The molecular weight excluding hydrogens is 394 g/mol. The largest absolute Gasteiger partial charge is 0.350 e. The smallest absolute Gasteiger partial charge is 0.220 e. The summed E-state index contributed by atoms with van der Waals surface area (Å²) in [6.45, 7) is 16.0. The number of carbonyl (C=O) groups is 1. The van der Waals surface area contributed by atoms with Gasteiger partial charge >= 0.3 is 0 Å². The van der Waals surface area contributed by atoms with Gasteiger partial charge in [0, 0.05) is 19.5 Å². The standard InChI is InChI=1S/C28H55N3O/c1-4-7-8-9-10-11-12-13-14-15-16-17-18-19-20-21-28(32)29-22-25-31(6-3)26-23-30(5-2)24-27-31/h13-14H,4-12,15-27H2,1-3H3/p+1/b14-13-. The maximum absolute atomic E-state index is 12.2. The normalized spacial score (nSPS) is 16.6. The number of piperazine rings is 1. The molecule has 0 radical (unpaired) electrons. The fraction of sp³-hybridized carbons (Fsp3) is 0.893. The fourth-order valence-corrected chi connectivity index (χ4v) is 4.82. The fourth-order valence-electron chi connectivity index (χ4n) is 4.82. The third-order valence-corrected chi connectivity index (χ3v) is 7.47. The summed E-state index contributed by atoms with van der Waals surface area (Å²) in [6, 6.07) is 0. The van der Waals surface area contributed by atoms with E-state index in [2.05, 4.69) is 43.1 Å². The van der Waals surface area contributed by atoms with Crippen molar-refractivity contribution in [2.24, 2.45) is 0 Å². The van der Waals surface area contributed by atoms with Crippen LogP contribution in [0.4, 0.5) is 0 Å². The number of hydrogen-bond donors (Lipinski definition) is 1. The van der Waals surface area contributed by atoms with Crippen molar-refractivity contribution in [1.82, 2.24) is 10.2 Å². The molecule has 0 spiro atoms. The van der Waals surface area contributed by atoms with Crippen LogP contribution in [-0.4, -0.2) is 67.6 Å². The first-order chi connectivity index (χ1) is 15.7. The summed E-state index contributed by atoms with van der Waals surface area (Å²) < 4.78 is 1.17. The van der Waals surface area contributed by atoms with Gasteiger partial charge in [-0.1, -0.05) is 77.4 Å². The predicted octanol–water partition coefficient (Wildman–Crippen LogP) is 6.31. The number of quaternary nitrogens is 1. The van der Waals surface area contributed by atoms with Crippen molar-refractivity contribution in [2.45, 2.75) is 111 Å². The molecule has 32 heavy (non-hydrogen) atoms. The Kier molecular flexibility index (Phi) is 17.8. The summed E-state index contributed by atoms with van der Waals surface area (Å²) in [5.41, 5.74) is 0. The maximum atomic E-state index is 12.2. The van der Waals surface area contributed by atoms with Crippen LogP contribution in [0.2, 0.25) is 0 Å². The molecule has 1 amide bonds. The van der Waals surface area contributed by atoms with Crippen LogP contribution in [0.15, 0.2) is 12.2 Å². The number of unbranched alkanes of at least 4 members (excludes halogenated alkanes) is 11. The third-order valence-electron chi connectivity index (χ3n) is 7.47. The lowest BCUT2D eigenvalue weighted by molar-refractivity contribution is -0.929. The molecule has 1 aliphatic heterocycles. The Morgan fingerprint density at radius 2 is 1.38 bits per heavy atom. The lowest BCUT2D eigenvalue weighted by Gasteiger charge is -2.44. The number of hydrogen-bond acceptors (Lipinski definition) is 2. The van der Waals surface area contributed by atoms with Crippen molar-refractivity contribution in [3.8, 4) is 0 Å². The number of rotatable bonds is 20. The Balaban J connectivity index is 1.91. The number of allylic oxidation sites excluding steroid dienone is 2. The Hall–Kier alpha value is -0.870. The van der Waals surface area contributed by atoms with E-state index in [9.17, 15) is 4.79 Å². The van der Waals surface area contributed by atoms with E-state index >= 15 is 0 Å². The first kappa shape index (κ1) is 29.2. The molecule has 1 fully saturated rings. The van der Waals surface area contributed by atoms with Gasteiger partial charge in [-0.15, -0.1) is 0 Å². The van der Waals surface area contributed by atoms with Crippen LogP contribution in [0.5, 0.6) is 0 Å². The summed E-state index contributed by atoms with van der Waals surface area (Å²) in [7, 11) is 0. The minimum absolute atomic E-state index is 0.254. The Morgan fingerprint density at radius 1 is 0.812 bits per heavy atom. The molecule has 4 nitrogen and oxygen atoms in total. The minimum Gasteiger partial charge on any atom is -0.350 e. The monoisotopic (exact) mass is 450 g/mol. The highest BCUT2D eigenvalue weighted by Gasteiger charge is 2.30. The molecule has 0 atom stereocenters. The van der Waals surface area contributed by atoms with Crippen molar-refractivity contribution in [2.75, 3.05) is 52.4 Å². The van der Waals surface area contributed by atoms with E-state index in [1.807, 2.05) is 0 Å². The van der Waals surface area contributed by atoms with Crippen molar-refractivity contribution in [1.29, 1.82) is 0 Å². The average molecular weight is 451 g/mol. The summed E-state index contributed by atoms with van der Waals surface area (Å²) >= 11 is 0. The number of nitrogens with one attached hydrogen (secondary N) is 1. The molecule has 4 heteroatoms. The molecule has 1 N–H and O–H groups in total. The predicted molar refractivity (Wildman–Crippen MR) is 140 cm³/mol. The van der Waals surface area contributed by atoms with E-state index in [-0.39, 0.29) is 5.91 Å². The average Bonchev–Trinajstić information content (AvgIpc) is 2.82. The van der Waals surface area contributed by atoms with Gasteiger partial charge in [0.2, 0.25) is 5.91 Å². The van der Waals surface area contributed by atoms with Gasteiger partial charge in [-0.05, 0) is 45.6 Å². The van der Waals surface area contributed by atoms with Crippen LogP contribution < -0.4 is 5.32 Å². The summed E-state index contributed by atoms with van der Waals surface area (Å²) in [4.78, 5) is 14.7. The molecule has 188 valence electrons. The van der Waals surface area contributed by atoms with Crippen molar-refractivity contribution in [3.05, 3.63) is 12.2 Å². The second-order valence-corrected chi connectivity index (χ2v) is 9.95. The zero-order chi connectivity index (χ0) is 23.3. The zero-order valence-electron chi connectivity index (χ0n) is 22.0. The van der Waals surface area contributed by atoms with Crippen LogP contribution in [0.25, 0.3) is 0 Å². The molecule has 0 saturated carbocycles. The molecule has 0 bridgehead atoms. The van der Waals surface area contributed by atoms with Crippen molar-refractivity contribution in [3.63, 3.8) is 0 Å². The number of carbonyl (C=O) groups excluding carboxylic acids is 1. The number of nitrogens with zero attached hydrogens (tertiary/aromatic N) is 2. The number of likely N-dealkylation sites (N-methyl/N-ethyl adjacent to an activating group) is 2. The van der Waals surface area contributed by atoms with Gasteiger partial charge in [-0.25, -0.2) is 0 Å². The SMILES string of the molecule is CCCCCCCC/C=C\CCCCCCCC(=O)NCC[N+]1(CC)CCN(CC)CC1. The topological polar surface area (TPSA) is 32.3 Å². The second-order valence-electron chi connectivity index (χ2n) is 9.95. The van der Waals surface area contributed by atoms with Gasteiger partial charge in [0.05, 0.1) is 32.7 Å². The molecule has 1 saturated heterocycles. The maximum Gasteiger partial charge on any atom is 0.220 e. The van der Waals surface area contributed by atoms with Gasteiger partial charge < -0.3 is 9.80 Å². The summed E-state index contributed by atoms with van der Waals surface area (Å²) in [6.07, 6.45) is 22.4. The summed E-state index contributed by atoms with van der Waals surface area (Å²) in [5.74, 6) is 0.254. The van der Waals surface area contributed by atoms with Crippen LogP contribution in [0.3, 0.4) is 0 Å². The second kappa shape index (κ2) is 19.6. The molecule has 1 heterocycles. The van der Waals surface area contributed by atoms with E-state index in [4.69, 9.17) is 0 Å². The van der Waals surface area contributed by atoms with Gasteiger partial charge in [0.1, 0.15) is 0 Å². The van der Waals surface area contributed by atoms with Crippen molar-refractivity contribution >= 4 is 5.91 Å². The van der Waals surface area contributed by atoms with Crippen molar-refractivity contribution < 1.29 is 9.28 Å².